The molecule has 0 bridgehead atoms. The van der Waals surface area contributed by atoms with Crippen LogP contribution in [0.4, 0.5) is 0 Å². The Morgan fingerprint density at radius 2 is 1.87 bits per heavy atom. The summed E-state index contributed by atoms with van der Waals surface area (Å²) in [4.78, 5) is 52.0. The Labute approximate surface area is 230 Å². The van der Waals surface area contributed by atoms with Gasteiger partial charge in [0.15, 0.2) is 0 Å². The summed E-state index contributed by atoms with van der Waals surface area (Å²) in [6.07, 6.45) is 0.264. The standard InChI is InChI=1S/C27H31N5O6S/c1-27(2)22(26(36)37)32-24(35)21(25(32)39-27)31-23(34)20(16-9-5-4-6-10-16)30-19(33)14-29-18(28)13-15-8-7-11-17(12-15)38-3/h4-12,20-22,25H,13-14H2,1-3H3,(H2,28,29)(H,30,33)(H,31,34)(H,36,37)/t20?,21-,22+,25-/m1/s1. The average Bonchev–Trinajstić information content (AvgIpc) is 3.17. The van der Waals surface area contributed by atoms with Gasteiger partial charge in [0.1, 0.15) is 29.2 Å². The zero-order chi connectivity index (χ0) is 28.3. The number of methoxy groups -OCH3 is 1. The van der Waals surface area contributed by atoms with E-state index in [9.17, 15) is 24.3 Å². The van der Waals surface area contributed by atoms with Crippen LogP contribution in [0.1, 0.15) is 31.0 Å². The first-order valence-electron chi connectivity index (χ1n) is 12.3. The predicted molar refractivity (Wildman–Crippen MR) is 145 cm³/mol. The number of ether oxygens (including phenoxy) is 1. The molecule has 0 spiro atoms. The van der Waals surface area contributed by atoms with Gasteiger partial charge < -0.3 is 30.7 Å². The Hall–Kier alpha value is -4.06. The van der Waals surface area contributed by atoms with E-state index in [1.54, 1.807) is 63.4 Å². The molecule has 0 saturated carbocycles. The van der Waals surface area contributed by atoms with Gasteiger partial charge in [0, 0.05) is 11.2 Å². The number of nitrogens with zero attached hydrogens (tertiary/aromatic N) is 1. The lowest BCUT2D eigenvalue weighted by Gasteiger charge is -2.44. The number of β-lactam (4-membered cyclic amide) rings is 1. The van der Waals surface area contributed by atoms with Crippen LogP contribution >= 0.6 is 11.8 Å². The smallest absolute Gasteiger partial charge is 0.327 e. The number of hydrogen-bond acceptors (Lipinski definition) is 7. The third-order valence-corrected chi connectivity index (χ3v) is 8.22. The summed E-state index contributed by atoms with van der Waals surface area (Å²) in [6, 6.07) is 12.9. The van der Waals surface area contributed by atoms with Crippen LogP contribution in [0.2, 0.25) is 0 Å². The average molecular weight is 554 g/mol. The van der Waals surface area contributed by atoms with E-state index < -0.39 is 51.9 Å². The highest BCUT2D eigenvalue weighted by Crippen LogP contribution is 2.50. The van der Waals surface area contributed by atoms with E-state index >= 15 is 0 Å². The lowest BCUT2D eigenvalue weighted by Crippen LogP contribution is -2.71. The molecule has 0 aromatic heterocycles. The predicted octanol–water partition coefficient (Wildman–Crippen LogP) is 1.29. The molecule has 2 aliphatic rings. The number of amidine groups is 1. The Balaban J connectivity index is 1.38. The van der Waals surface area contributed by atoms with Crippen molar-refractivity contribution in [3.8, 4) is 5.75 Å². The number of carboxylic acid groups (broad SMARTS) is 1. The molecule has 2 aromatic carbocycles. The molecular formula is C27H31N5O6S. The van der Waals surface area contributed by atoms with Gasteiger partial charge in [0.2, 0.25) is 17.7 Å². The number of amides is 3. The van der Waals surface area contributed by atoms with Crippen molar-refractivity contribution in [2.45, 2.75) is 48.5 Å². The van der Waals surface area contributed by atoms with Crippen molar-refractivity contribution in [3.05, 3.63) is 65.7 Å². The number of carboxylic acids is 1. The van der Waals surface area contributed by atoms with Crippen LogP contribution < -0.4 is 20.7 Å². The van der Waals surface area contributed by atoms with Crippen LogP contribution in [0.15, 0.2) is 54.6 Å². The fourth-order valence-corrected chi connectivity index (χ4v) is 6.40. The second-order valence-electron chi connectivity index (χ2n) is 9.86. The van der Waals surface area contributed by atoms with Crippen molar-refractivity contribution in [1.82, 2.24) is 20.9 Å². The van der Waals surface area contributed by atoms with Gasteiger partial charge in [-0.05, 0) is 37.1 Å². The van der Waals surface area contributed by atoms with E-state index in [4.69, 9.17) is 10.1 Å². The number of nitrogens with one attached hydrogen (secondary N) is 4. The maximum atomic E-state index is 13.3. The summed E-state index contributed by atoms with van der Waals surface area (Å²) < 4.78 is 4.47. The van der Waals surface area contributed by atoms with Crippen LogP contribution in [0, 0.1) is 5.41 Å². The topological polar surface area (TPSA) is 161 Å². The van der Waals surface area contributed by atoms with Gasteiger partial charge in [0.25, 0.3) is 0 Å². The number of thioether (sulfide) groups is 1. The number of aliphatic carboxylic acids is 1. The van der Waals surface area contributed by atoms with Crippen molar-refractivity contribution >= 4 is 41.3 Å². The zero-order valence-corrected chi connectivity index (χ0v) is 22.6. The number of carbonyl (C=O) groups is 4. The second-order valence-corrected chi connectivity index (χ2v) is 11.6. The molecule has 2 saturated heterocycles. The summed E-state index contributed by atoms with van der Waals surface area (Å²) >= 11 is 1.32. The Morgan fingerprint density at radius 3 is 2.54 bits per heavy atom. The third-order valence-electron chi connectivity index (χ3n) is 6.65. The fourth-order valence-electron chi connectivity index (χ4n) is 4.78. The Kier molecular flexibility index (Phi) is 8.14. The summed E-state index contributed by atoms with van der Waals surface area (Å²) in [6.45, 7) is 3.28. The number of rotatable bonds is 10. The molecule has 39 heavy (non-hydrogen) atoms. The summed E-state index contributed by atoms with van der Waals surface area (Å²) in [7, 11) is 1.56. The van der Waals surface area contributed by atoms with E-state index in [1.807, 2.05) is 12.1 Å². The molecule has 4 rings (SSSR count). The number of hydrogen-bond donors (Lipinski definition) is 5. The van der Waals surface area contributed by atoms with E-state index in [-0.39, 0.29) is 18.8 Å². The van der Waals surface area contributed by atoms with Crippen LogP contribution in [0.3, 0.4) is 0 Å². The van der Waals surface area contributed by atoms with Crippen molar-refractivity contribution in [2.24, 2.45) is 0 Å². The SMILES string of the molecule is COc1cccc(CC(=N)NCC(=O)NC(C(=O)N[C@@H]2C(=O)N3[C@@H]2SC(C)(C)[C@@H]3C(=O)O)c2ccccc2)c1. The molecule has 12 heteroatoms. The molecule has 5 N–H and O–H groups in total. The van der Waals surface area contributed by atoms with E-state index in [2.05, 4.69) is 16.0 Å². The number of fused-ring (bicyclic) bond motifs is 1. The Morgan fingerprint density at radius 1 is 1.15 bits per heavy atom. The largest absolute Gasteiger partial charge is 0.497 e. The fraction of sp³-hybridized carbons (Fsp3) is 0.370. The number of benzene rings is 2. The molecule has 11 nitrogen and oxygen atoms in total. The lowest BCUT2D eigenvalue weighted by atomic mass is 9.95. The molecular weight excluding hydrogens is 522 g/mol. The molecule has 1 unspecified atom stereocenters. The minimum atomic E-state index is -1.09. The van der Waals surface area contributed by atoms with Crippen LogP contribution in [0.25, 0.3) is 0 Å². The maximum absolute atomic E-state index is 13.3. The minimum absolute atomic E-state index is 0.119. The normalized spacial score (nSPS) is 21.7. The van der Waals surface area contributed by atoms with Crippen molar-refractivity contribution in [2.75, 3.05) is 13.7 Å². The van der Waals surface area contributed by atoms with Gasteiger partial charge in [-0.3, -0.25) is 19.8 Å². The summed E-state index contributed by atoms with van der Waals surface area (Å²) in [5.41, 5.74) is 1.35. The first kappa shape index (κ1) is 28.0. The van der Waals surface area contributed by atoms with Gasteiger partial charge in [-0.2, -0.15) is 0 Å². The van der Waals surface area contributed by atoms with Crippen LogP contribution in [0.5, 0.6) is 5.75 Å². The molecule has 2 aromatic rings. The van der Waals surface area contributed by atoms with Crippen molar-refractivity contribution in [3.63, 3.8) is 0 Å². The molecule has 3 amide bonds. The van der Waals surface area contributed by atoms with Gasteiger partial charge in [-0.1, -0.05) is 42.5 Å². The lowest BCUT2D eigenvalue weighted by molar-refractivity contribution is -0.161. The Bertz CT molecular complexity index is 1290. The minimum Gasteiger partial charge on any atom is -0.497 e. The quantitative estimate of drug-likeness (QED) is 0.167. The highest BCUT2D eigenvalue weighted by atomic mass is 32.2. The monoisotopic (exact) mass is 553 g/mol. The molecule has 0 aliphatic carbocycles. The van der Waals surface area contributed by atoms with E-state index in [0.29, 0.717) is 11.3 Å². The molecule has 2 fully saturated rings. The van der Waals surface area contributed by atoms with Crippen molar-refractivity contribution in [1.29, 1.82) is 5.41 Å². The van der Waals surface area contributed by atoms with E-state index in [0.717, 1.165) is 5.56 Å². The highest BCUT2D eigenvalue weighted by Gasteiger charge is 2.64. The molecule has 0 radical (unpaired) electrons. The second kappa shape index (κ2) is 11.4. The number of carbonyl (C=O) groups excluding carboxylic acids is 3. The summed E-state index contributed by atoms with van der Waals surface area (Å²) in [5.74, 6) is -1.87. The third kappa shape index (κ3) is 6.00. The van der Waals surface area contributed by atoms with E-state index in [1.165, 1.54) is 16.7 Å². The maximum Gasteiger partial charge on any atom is 0.327 e. The molecule has 2 heterocycles. The van der Waals surface area contributed by atoms with Crippen LogP contribution in [-0.4, -0.2) is 75.4 Å². The molecule has 4 atom stereocenters. The molecule has 2 aliphatic heterocycles. The summed E-state index contributed by atoms with van der Waals surface area (Å²) in [5, 5.41) is 25.5. The van der Waals surface area contributed by atoms with Gasteiger partial charge in [-0.15, -0.1) is 11.8 Å². The zero-order valence-electron chi connectivity index (χ0n) is 21.8. The van der Waals surface area contributed by atoms with Gasteiger partial charge in [0.05, 0.1) is 19.5 Å². The van der Waals surface area contributed by atoms with Gasteiger partial charge >= 0.3 is 5.97 Å². The first-order valence-corrected chi connectivity index (χ1v) is 13.2. The first-order chi connectivity index (χ1) is 18.5. The highest BCUT2D eigenvalue weighted by molar-refractivity contribution is 8.01. The molecule has 206 valence electrons. The van der Waals surface area contributed by atoms with Gasteiger partial charge in [-0.25, -0.2) is 4.79 Å². The van der Waals surface area contributed by atoms with Crippen molar-refractivity contribution < 1.29 is 29.0 Å². The van der Waals surface area contributed by atoms with Crippen LogP contribution in [-0.2, 0) is 25.6 Å².